The molecule has 0 aliphatic rings. The lowest BCUT2D eigenvalue weighted by Crippen LogP contribution is -2.20. The van der Waals surface area contributed by atoms with Crippen LogP contribution in [0.3, 0.4) is 0 Å². The molecule has 1 aromatic carbocycles. The smallest absolute Gasteiger partial charge is 0.417 e. The number of hydrogen-bond donors (Lipinski definition) is 1. The second-order valence-corrected chi connectivity index (χ2v) is 7.67. The number of alkyl halides is 3. The number of ether oxygens (including phenoxy) is 2. The van der Waals surface area contributed by atoms with Gasteiger partial charge in [0.1, 0.15) is 12.4 Å². The van der Waals surface area contributed by atoms with Crippen LogP contribution in [0.2, 0.25) is 5.02 Å². The predicted molar refractivity (Wildman–Crippen MR) is 108 cm³/mol. The van der Waals surface area contributed by atoms with E-state index in [9.17, 15) is 23.1 Å². The van der Waals surface area contributed by atoms with Crippen molar-refractivity contribution in [1.29, 1.82) is 0 Å². The fourth-order valence-electron chi connectivity index (χ4n) is 2.50. The van der Waals surface area contributed by atoms with Crippen LogP contribution in [0.15, 0.2) is 41.7 Å². The zero-order valence-corrected chi connectivity index (χ0v) is 17.7. The van der Waals surface area contributed by atoms with E-state index in [2.05, 4.69) is 10.2 Å². The quantitative estimate of drug-likeness (QED) is 0.387. The Kier molecular flexibility index (Phi) is 7.29. The van der Waals surface area contributed by atoms with Crippen LogP contribution < -0.4 is 4.74 Å². The zero-order chi connectivity index (χ0) is 22.6. The Morgan fingerprint density at radius 3 is 2.65 bits per heavy atom. The molecule has 1 N–H and O–H groups in total. The van der Waals surface area contributed by atoms with E-state index in [4.69, 9.17) is 21.1 Å². The molecule has 0 aliphatic heterocycles. The highest BCUT2D eigenvalue weighted by molar-refractivity contribution is 7.99. The molecule has 0 spiro atoms. The number of nitrogens with zero attached hydrogens (tertiary/aromatic N) is 3. The molecule has 1 unspecified atom stereocenters. The first-order chi connectivity index (χ1) is 14.7. The van der Waals surface area contributed by atoms with Gasteiger partial charge in [-0.2, -0.15) is 13.2 Å². The lowest BCUT2D eigenvalue weighted by molar-refractivity contribution is -0.137. The molecule has 0 radical (unpaired) electrons. The van der Waals surface area contributed by atoms with Crippen LogP contribution in [0.1, 0.15) is 22.8 Å². The Bertz CT molecular complexity index is 1060. The molecule has 3 rings (SSSR count). The topological polar surface area (TPSA) is 86.0 Å². The van der Waals surface area contributed by atoms with Crippen molar-refractivity contribution in [2.75, 3.05) is 19.0 Å². The molecule has 0 saturated carbocycles. The number of esters is 1. The molecule has 0 amide bonds. The maximum Gasteiger partial charge on any atom is 0.417 e. The van der Waals surface area contributed by atoms with Gasteiger partial charge in [0.05, 0.1) is 28.9 Å². The third-order valence-corrected chi connectivity index (χ3v) is 5.33. The maximum absolute atomic E-state index is 13.0. The van der Waals surface area contributed by atoms with E-state index >= 15 is 0 Å². The Morgan fingerprint density at radius 1 is 1.29 bits per heavy atom. The zero-order valence-electron chi connectivity index (χ0n) is 16.1. The standard InChI is InChI=1S/C19H17ClF3N3O4S/c1-2-29-17(28)11-3-5-14(6-4-11)30-9-13(27)10-31-18-25-24-16-15(20)7-12(8-26(16)18)19(21,22)23/h3-8,13,27H,2,9-10H2,1H3. The number of halogens is 4. The van der Waals surface area contributed by atoms with E-state index < -0.39 is 23.8 Å². The SMILES string of the molecule is CCOC(=O)c1ccc(OCC(O)CSc2nnc3c(Cl)cc(C(F)(F)F)cn23)cc1. The third kappa shape index (κ3) is 5.81. The van der Waals surface area contributed by atoms with Gasteiger partial charge in [0.15, 0.2) is 10.8 Å². The number of fused-ring (bicyclic) bond motifs is 1. The Labute approximate surface area is 184 Å². The summed E-state index contributed by atoms with van der Waals surface area (Å²) in [5, 5.41) is 17.8. The van der Waals surface area contributed by atoms with Crippen molar-refractivity contribution < 1.29 is 32.5 Å². The Morgan fingerprint density at radius 2 is 2.00 bits per heavy atom. The minimum atomic E-state index is -4.57. The van der Waals surface area contributed by atoms with Crippen molar-refractivity contribution in [2.45, 2.75) is 24.4 Å². The summed E-state index contributed by atoms with van der Waals surface area (Å²) < 4.78 is 50.5. The molecule has 0 saturated heterocycles. The average Bonchev–Trinajstić information content (AvgIpc) is 3.14. The summed E-state index contributed by atoms with van der Waals surface area (Å²) in [5.41, 5.74) is -0.465. The summed E-state index contributed by atoms with van der Waals surface area (Å²) in [6.45, 7) is 1.91. The van der Waals surface area contributed by atoms with Crippen LogP contribution in [-0.2, 0) is 10.9 Å². The van der Waals surface area contributed by atoms with E-state index in [-0.39, 0.29) is 34.8 Å². The third-order valence-electron chi connectivity index (χ3n) is 3.97. The maximum atomic E-state index is 13.0. The monoisotopic (exact) mass is 475 g/mol. The van der Waals surface area contributed by atoms with E-state index in [0.29, 0.717) is 11.3 Å². The number of thioether (sulfide) groups is 1. The van der Waals surface area contributed by atoms with Gasteiger partial charge < -0.3 is 14.6 Å². The molecule has 0 aliphatic carbocycles. The predicted octanol–water partition coefficient (Wildman–Crippen LogP) is 4.11. The number of pyridine rings is 1. The van der Waals surface area contributed by atoms with Crippen LogP contribution in [0.25, 0.3) is 5.65 Å². The molecule has 2 aromatic heterocycles. The fourth-order valence-corrected chi connectivity index (χ4v) is 3.56. The summed E-state index contributed by atoms with van der Waals surface area (Å²) in [7, 11) is 0. The normalized spacial score (nSPS) is 12.7. The van der Waals surface area contributed by atoms with Crippen molar-refractivity contribution >= 4 is 35.0 Å². The number of aliphatic hydroxyl groups is 1. The first-order valence-corrected chi connectivity index (χ1v) is 10.4. The molecule has 31 heavy (non-hydrogen) atoms. The second-order valence-electron chi connectivity index (χ2n) is 6.27. The number of carbonyl (C=O) groups excluding carboxylic acids is 1. The lowest BCUT2D eigenvalue weighted by atomic mass is 10.2. The molecule has 2 heterocycles. The summed E-state index contributed by atoms with van der Waals surface area (Å²) in [4.78, 5) is 11.6. The largest absolute Gasteiger partial charge is 0.491 e. The van der Waals surface area contributed by atoms with Gasteiger partial charge in [-0.1, -0.05) is 23.4 Å². The summed E-state index contributed by atoms with van der Waals surface area (Å²) in [6.07, 6.45) is -4.65. The molecule has 0 bridgehead atoms. The van der Waals surface area contributed by atoms with Crippen molar-refractivity contribution in [3.05, 3.63) is 52.7 Å². The number of benzene rings is 1. The summed E-state index contributed by atoms with van der Waals surface area (Å²) in [6, 6.07) is 7.01. The van der Waals surface area contributed by atoms with Gasteiger partial charge in [-0.15, -0.1) is 10.2 Å². The van der Waals surface area contributed by atoms with Crippen LogP contribution in [0, 0.1) is 0 Å². The highest BCUT2D eigenvalue weighted by Gasteiger charge is 2.32. The summed E-state index contributed by atoms with van der Waals surface area (Å²) in [5.74, 6) is 0.0849. The lowest BCUT2D eigenvalue weighted by Gasteiger charge is -2.12. The number of aromatic nitrogens is 3. The van der Waals surface area contributed by atoms with E-state index in [1.54, 1.807) is 31.2 Å². The number of hydrogen-bond acceptors (Lipinski definition) is 7. The molecule has 12 heteroatoms. The highest BCUT2D eigenvalue weighted by Crippen LogP contribution is 2.33. The summed E-state index contributed by atoms with van der Waals surface area (Å²) >= 11 is 6.89. The van der Waals surface area contributed by atoms with Gasteiger partial charge in [-0.25, -0.2) is 4.79 Å². The minimum absolute atomic E-state index is 0.0724. The van der Waals surface area contributed by atoms with Gasteiger partial charge in [-0.05, 0) is 37.3 Å². The Hall–Kier alpha value is -2.50. The molecular formula is C19H17ClF3N3O4S. The van der Waals surface area contributed by atoms with Gasteiger partial charge in [0.2, 0.25) is 0 Å². The van der Waals surface area contributed by atoms with Crippen molar-refractivity contribution in [2.24, 2.45) is 0 Å². The van der Waals surface area contributed by atoms with Crippen molar-refractivity contribution in [3.8, 4) is 5.75 Å². The van der Waals surface area contributed by atoms with Crippen LogP contribution in [0.5, 0.6) is 5.75 Å². The van der Waals surface area contributed by atoms with E-state index in [0.717, 1.165) is 28.4 Å². The molecule has 0 fully saturated rings. The van der Waals surface area contributed by atoms with E-state index in [1.807, 2.05) is 0 Å². The average molecular weight is 476 g/mol. The Balaban J connectivity index is 1.58. The van der Waals surface area contributed by atoms with E-state index in [1.165, 1.54) is 0 Å². The van der Waals surface area contributed by atoms with Crippen LogP contribution in [-0.4, -0.2) is 50.7 Å². The molecule has 3 aromatic rings. The van der Waals surface area contributed by atoms with Crippen molar-refractivity contribution in [1.82, 2.24) is 14.6 Å². The molecular weight excluding hydrogens is 459 g/mol. The first-order valence-electron chi connectivity index (χ1n) is 9.01. The van der Waals surface area contributed by atoms with Gasteiger partial charge in [-0.3, -0.25) is 4.40 Å². The van der Waals surface area contributed by atoms with Crippen molar-refractivity contribution in [3.63, 3.8) is 0 Å². The van der Waals surface area contributed by atoms with Gasteiger partial charge in [0, 0.05) is 11.9 Å². The molecule has 1 atom stereocenters. The number of carbonyl (C=O) groups is 1. The number of aliphatic hydroxyl groups excluding tert-OH is 1. The highest BCUT2D eigenvalue weighted by atomic mass is 35.5. The molecule has 166 valence electrons. The molecule has 7 nitrogen and oxygen atoms in total. The van der Waals surface area contributed by atoms with Crippen LogP contribution >= 0.6 is 23.4 Å². The minimum Gasteiger partial charge on any atom is -0.491 e. The van der Waals surface area contributed by atoms with Crippen LogP contribution in [0.4, 0.5) is 13.2 Å². The fraction of sp³-hybridized carbons (Fsp3) is 0.316. The first kappa shape index (κ1) is 23.2. The number of rotatable bonds is 8. The van der Waals surface area contributed by atoms with Gasteiger partial charge in [0.25, 0.3) is 0 Å². The van der Waals surface area contributed by atoms with Gasteiger partial charge >= 0.3 is 12.1 Å². The second kappa shape index (κ2) is 9.75.